The molecular weight excluding hydrogens is 500 g/mol. The van der Waals surface area contributed by atoms with Crippen molar-refractivity contribution in [3.05, 3.63) is 0 Å². The Kier molecular flexibility index (Phi) is 6.83. The highest BCUT2D eigenvalue weighted by molar-refractivity contribution is 5.96. The molecule has 6 heteroatoms. The normalized spacial score (nSPS) is 53.2. The fourth-order valence-electron chi connectivity index (χ4n) is 11.9. The first-order valence-corrected chi connectivity index (χ1v) is 16.5. The summed E-state index contributed by atoms with van der Waals surface area (Å²) in [5.74, 6) is 2.40. The first kappa shape index (κ1) is 29.0. The van der Waals surface area contributed by atoms with Crippen LogP contribution < -0.4 is 5.32 Å². The largest absolute Gasteiger partial charge is 0.353 e. The van der Waals surface area contributed by atoms with E-state index in [2.05, 4.69) is 46.9 Å². The van der Waals surface area contributed by atoms with Crippen LogP contribution in [-0.2, 0) is 19.1 Å². The smallest absolute Gasteiger partial charge is 0.231 e. The summed E-state index contributed by atoms with van der Waals surface area (Å²) in [6, 6.07) is 0.194. The molecule has 6 fully saturated rings. The molecule has 40 heavy (non-hydrogen) atoms. The zero-order valence-electron chi connectivity index (χ0n) is 26.6. The summed E-state index contributed by atoms with van der Waals surface area (Å²) in [7, 11) is 3.42. The topological polar surface area (TPSA) is 67.9 Å². The zero-order chi connectivity index (χ0) is 28.9. The van der Waals surface area contributed by atoms with E-state index >= 15 is 0 Å². The Morgan fingerprint density at radius 3 is 2.27 bits per heavy atom. The maximum Gasteiger partial charge on any atom is 0.231 e. The molecule has 2 heterocycles. The van der Waals surface area contributed by atoms with Crippen molar-refractivity contribution in [2.45, 2.75) is 130 Å². The monoisotopic (exact) mass is 556 g/mol. The van der Waals surface area contributed by atoms with Crippen LogP contribution in [0.3, 0.4) is 0 Å². The number of carbonyl (C=O) groups excluding carboxylic acids is 2. The van der Waals surface area contributed by atoms with Crippen molar-refractivity contribution in [2.24, 2.45) is 51.2 Å². The maximum atomic E-state index is 12.6. The summed E-state index contributed by atoms with van der Waals surface area (Å²) in [6.07, 6.45) is 12.1. The van der Waals surface area contributed by atoms with E-state index in [-0.39, 0.29) is 46.3 Å². The van der Waals surface area contributed by atoms with Crippen LogP contribution in [0.5, 0.6) is 0 Å². The van der Waals surface area contributed by atoms with Crippen molar-refractivity contribution in [3.63, 3.8) is 0 Å². The van der Waals surface area contributed by atoms with E-state index < -0.39 is 0 Å². The number of rotatable bonds is 3. The van der Waals surface area contributed by atoms with Crippen LogP contribution in [0.25, 0.3) is 0 Å². The number of hydrogen-bond acceptors (Lipinski definition) is 4. The zero-order valence-corrected chi connectivity index (χ0v) is 26.6. The van der Waals surface area contributed by atoms with E-state index in [0.717, 1.165) is 25.9 Å². The summed E-state index contributed by atoms with van der Waals surface area (Å²) >= 11 is 0. The van der Waals surface area contributed by atoms with Gasteiger partial charge in [-0.2, -0.15) is 0 Å². The molecule has 2 aliphatic heterocycles. The standard InChI is InChI=1S/C34H56N2O4/c1-21-11-14-34(39-20-21)22(2)29-25(40-34)19-33(6)26-10-9-23-17-24(35-27(37)18-28(38)36(7)8)12-13-30(23,3)31(26,4)15-16-32(29,33)5/h21-26,29H,9-20H2,1-8H3,(H,35,37)/t21-,22-,23+,24-,25-,26+,29-,30-,31-,32+,33-,34+/m0/s1. The molecule has 0 unspecified atom stereocenters. The van der Waals surface area contributed by atoms with E-state index in [1.807, 2.05) is 0 Å². The summed E-state index contributed by atoms with van der Waals surface area (Å²) in [4.78, 5) is 26.2. The Hall–Kier alpha value is -1.14. The lowest BCUT2D eigenvalue weighted by atomic mass is 9.35. The molecule has 6 aliphatic rings. The molecule has 0 aromatic rings. The van der Waals surface area contributed by atoms with Gasteiger partial charge in [-0.25, -0.2) is 0 Å². The number of nitrogens with zero attached hydrogens (tertiary/aromatic N) is 1. The number of carbonyl (C=O) groups is 2. The lowest BCUT2D eigenvalue weighted by Gasteiger charge is -2.70. The van der Waals surface area contributed by atoms with Gasteiger partial charge in [-0.3, -0.25) is 9.59 Å². The molecule has 2 saturated heterocycles. The molecule has 1 N–H and O–H groups in total. The SMILES string of the molecule is C[C@H]1CC[C@@]2(OC1)O[C@H]1C[C@@]3(C)[C@@H]4CC[C@@H]5C[C@@H](NC(=O)CC(=O)N(C)C)CC[C@]5(C)[C@@]4(C)CC[C@]3(C)[C@H]1[C@@H]2C. The third kappa shape index (κ3) is 3.86. The summed E-state index contributed by atoms with van der Waals surface area (Å²) < 4.78 is 13.6. The second-order valence-corrected chi connectivity index (χ2v) is 16.4. The number of nitrogens with one attached hydrogen (secondary N) is 1. The molecule has 6 rings (SSSR count). The van der Waals surface area contributed by atoms with Gasteiger partial charge in [0.1, 0.15) is 6.42 Å². The van der Waals surface area contributed by atoms with Gasteiger partial charge in [-0.05, 0) is 103 Å². The van der Waals surface area contributed by atoms with E-state index in [9.17, 15) is 9.59 Å². The minimum Gasteiger partial charge on any atom is -0.353 e. The Bertz CT molecular complexity index is 1040. The fourth-order valence-corrected chi connectivity index (χ4v) is 11.9. The van der Waals surface area contributed by atoms with Crippen molar-refractivity contribution in [2.75, 3.05) is 20.7 Å². The molecule has 4 aliphatic carbocycles. The van der Waals surface area contributed by atoms with Gasteiger partial charge in [0.25, 0.3) is 0 Å². The van der Waals surface area contributed by atoms with Crippen LogP contribution >= 0.6 is 0 Å². The van der Waals surface area contributed by atoms with Crippen molar-refractivity contribution in [1.29, 1.82) is 0 Å². The van der Waals surface area contributed by atoms with Crippen LogP contribution in [0.4, 0.5) is 0 Å². The Morgan fingerprint density at radius 1 is 0.875 bits per heavy atom. The van der Waals surface area contributed by atoms with Crippen LogP contribution in [0, 0.1) is 51.2 Å². The average molecular weight is 557 g/mol. The van der Waals surface area contributed by atoms with E-state index in [1.54, 1.807) is 14.1 Å². The molecule has 226 valence electrons. The van der Waals surface area contributed by atoms with Gasteiger partial charge in [0, 0.05) is 32.5 Å². The molecular formula is C34H56N2O4. The summed E-state index contributed by atoms with van der Waals surface area (Å²) in [5.41, 5.74) is 1.15. The molecule has 1 spiro atoms. The number of amides is 2. The lowest BCUT2D eigenvalue weighted by molar-refractivity contribution is -0.279. The molecule has 6 nitrogen and oxygen atoms in total. The van der Waals surface area contributed by atoms with Gasteiger partial charge in [0.2, 0.25) is 11.8 Å². The molecule has 0 aromatic carbocycles. The first-order chi connectivity index (χ1) is 18.7. The predicted molar refractivity (Wildman–Crippen MR) is 156 cm³/mol. The van der Waals surface area contributed by atoms with Crippen molar-refractivity contribution >= 4 is 11.8 Å². The van der Waals surface area contributed by atoms with Gasteiger partial charge >= 0.3 is 0 Å². The number of ether oxygens (including phenoxy) is 2. The number of hydrogen-bond donors (Lipinski definition) is 1. The summed E-state index contributed by atoms with van der Waals surface area (Å²) in [6.45, 7) is 16.1. The van der Waals surface area contributed by atoms with E-state index in [0.29, 0.717) is 41.1 Å². The van der Waals surface area contributed by atoms with E-state index in [4.69, 9.17) is 9.47 Å². The molecule has 4 saturated carbocycles. The molecule has 12 atom stereocenters. The van der Waals surface area contributed by atoms with Gasteiger partial charge in [-0.1, -0.05) is 41.5 Å². The van der Waals surface area contributed by atoms with Crippen molar-refractivity contribution in [1.82, 2.24) is 10.2 Å². The van der Waals surface area contributed by atoms with Gasteiger partial charge in [0.05, 0.1) is 12.7 Å². The second-order valence-electron chi connectivity index (χ2n) is 16.4. The quantitative estimate of drug-likeness (QED) is 0.422. The Morgan fingerprint density at radius 2 is 1.60 bits per heavy atom. The van der Waals surface area contributed by atoms with Crippen LogP contribution in [0.2, 0.25) is 0 Å². The Balaban J connectivity index is 1.19. The third-order valence-corrected chi connectivity index (χ3v) is 14.7. The van der Waals surface area contributed by atoms with Crippen LogP contribution in [0.15, 0.2) is 0 Å². The average Bonchev–Trinajstić information content (AvgIpc) is 3.28. The van der Waals surface area contributed by atoms with E-state index in [1.165, 1.54) is 49.8 Å². The third-order valence-electron chi connectivity index (χ3n) is 14.7. The van der Waals surface area contributed by atoms with Gasteiger partial charge < -0.3 is 19.7 Å². The van der Waals surface area contributed by atoms with Crippen LogP contribution in [-0.4, -0.2) is 55.3 Å². The Labute approximate surface area is 243 Å². The molecule has 0 bridgehead atoms. The van der Waals surface area contributed by atoms with Crippen molar-refractivity contribution in [3.8, 4) is 0 Å². The molecule has 2 amide bonds. The van der Waals surface area contributed by atoms with Crippen molar-refractivity contribution < 1.29 is 19.1 Å². The summed E-state index contributed by atoms with van der Waals surface area (Å²) in [5, 5.41) is 3.24. The minimum absolute atomic E-state index is 0.0453. The lowest BCUT2D eigenvalue weighted by Crippen LogP contribution is -2.64. The maximum absolute atomic E-state index is 12.6. The number of fused-ring (bicyclic) bond motifs is 7. The molecule has 0 radical (unpaired) electrons. The van der Waals surface area contributed by atoms with Crippen LogP contribution in [0.1, 0.15) is 112 Å². The van der Waals surface area contributed by atoms with Gasteiger partial charge in [0.15, 0.2) is 5.79 Å². The predicted octanol–water partition coefficient (Wildman–Crippen LogP) is 6.18. The highest BCUT2D eigenvalue weighted by atomic mass is 16.7. The second kappa shape index (κ2) is 9.43. The minimum atomic E-state index is -0.351. The fraction of sp³-hybridized carbons (Fsp3) is 0.941. The molecule has 0 aromatic heterocycles. The highest BCUT2D eigenvalue weighted by Gasteiger charge is 2.75. The van der Waals surface area contributed by atoms with Gasteiger partial charge in [-0.15, -0.1) is 0 Å². The first-order valence-electron chi connectivity index (χ1n) is 16.5. The highest BCUT2D eigenvalue weighted by Crippen LogP contribution is 2.79.